The van der Waals surface area contributed by atoms with E-state index in [1.165, 1.54) is 0 Å². The van der Waals surface area contributed by atoms with Gasteiger partial charge in [-0.1, -0.05) is 23.7 Å². The zero-order valence-corrected chi connectivity index (χ0v) is 15.0. The molecule has 3 nitrogen and oxygen atoms in total. The molecule has 0 N–H and O–H groups in total. The van der Waals surface area contributed by atoms with Crippen LogP contribution in [0, 0.1) is 0 Å². The Hall–Kier alpha value is -1.23. The molecule has 1 unspecified atom stereocenters. The first kappa shape index (κ1) is 16.6. The van der Waals surface area contributed by atoms with Gasteiger partial charge in [0.15, 0.2) is 6.29 Å². The Labute approximate surface area is 149 Å². The first-order valence-electron chi connectivity index (χ1n) is 7.66. The van der Waals surface area contributed by atoms with E-state index >= 15 is 0 Å². The van der Waals surface area contributed by atoms with Crippen LogP contribution in [0.3, 0.4) is 0 Å². The molecule has 0 saturated carbocycles. The predicted molar refractivity (Wildman–Crippen MR) is 94.1 cm³/mol. The quantitative estimate of drug-likeness (QED) is 0.658. The summed E-state index contributed by atoms with van der Waals surface area (Å²) in [6, 6.07) is 13.3. The molecule has 0 radical (unpaired) electrons. The highest BCUT2D eigenvalue weighted by atomic mass is 79.9. The molecule has 0 aliphatic carbocycles. The van der Waals surface area contributed by atoms with Crippen molar-refractivity contribution in [2.45, 2.75) is 32.2 Å². The summed E-state index contributed by atoms with van der Waals surface area (Å²) in [5.41, 5.74) is 1.07. The Morgan fingerprint density at radius 2 is 1.96 bits per heavy atom. The van der Waals surface area contributed by atoms with Gasteiger partial charge in [-0.3, -0.25) is 0 Å². The summed E-state index contributed by atoms with van der Waals surface area (Å²) in [5, 5.41) is 0.723. The largest absolute Gasteiger partial charge is 0.489 e. The van der Waals surface area contributed by atoms with Gasteiger partial charge in [-0.15, -0.1) is 0 Å². The van der Waals surface area contributed by atoms with Crippen LogP contribution in [0.15, 0.2) is 46.9 Å². The molecule has 3 rings (SSSR count). The Morgan fingerprint density at radius 1 is 1.13 bits per heavy atom. The van der Waals surface area contributed by atoms with Gasteiger partial charge in [-0.05, 0) is 58.6 Å². The third-order valence-electron chi connectivity index (χ3n) is 3.62. The molecule has 0 amide bonds. The van der Waals surface area contributed by atoms with E-state index in [2.05, 4.69) is 15.9 Å². The van der Waals surface area contributed by atoms with E-state index in [0.717, 1.165) is 52.4 Å². The molecular formula is C18H18BrClO3. The lowest BCUT2D eigenvalue weighted by Crippen LogP contribution is -2.25. The lowest BCUT2D eigenvalue weighted by atomic mass is 10.2. The summed E-state index contributed by atoms with van der Waals surface area (Å²) in [6.45, 7) is 1.24. The second kappa shape index (κ2) is 8.04. The van der Waals surface area contributed by atoms with Crippen molar-refractivity contribution in [1.82, 2.24) is 0 Å². The highest BCUT2D eigenvalue weighted by Gasteiger charge is 2.17. The van der Waals surface area contributed by atoms with Gasteiger partial charge >= 0.3 is 0 Å². The van der Waals surface area contributed by atoms with Crippen molar-refractivity contribution >= 4 is 27.5 Å². The van der Waals surface area contributed by atoms with E-state index in [1.54, 1.807) is 0 Å². The second-order valence-electron chi connectivity index (χ2n) is 5.42. The second-order valence-corrected chi connectivity index (χ2v) is 6.71. The zero-order chi connectivity index (χ0) is 16.1. The Morgan fingerprint density at radius 3 is 2.70 bits per heavy atom. The molecule has 23 heavy (non-hydrogen) atoms. The van der Waals surface area contributed by atoms with Crippen LogP contribution < -0.4 is 9.47 Å². The maximum Gasteiger partial charge on any atom is 0.199 e. The van der Waals surface area contributed by atoms with Crippen molar-refractivity contribution in [2.24, 2.45) is 0 Å². The molecule has 1 aliphatic heterocycles. The van der Waals surface area contributed by atoms with Crippen molar-refractivity contribution in [3.05, 3.63) is 57.5 Å². The molecule has 0 bridgehead atoms. The van der Waals surface area contributed by atoms with E-state index in [-0.39, 0.29) is 6.29 Å². The minimum absolute atomic E-state index is 0.174. The maximum atomic E-state index is 5.93. The van der Waals surface area contributed by atoms with Gasteiger partial charge in [0.05, 0.1) is 11.1 Å². The van der Waals surface area contributed by atoms with Gasteiger partial charge in [0, 0.05) is 17.5 Å². The molecule has 1 saturated heterocycles. The molecule has 1 aliphatic rings. The maximum absolute atomic E-state index is 5.93. The first-order chi connectivity index (χ1) is 11.2. The average Bonchev–Trinajstić information content (AvgIpc) is 2.58. The van der Waals surface area contributed by atoms with Crippen LogP contribution >= 0.6 is 27.5 Å². The molecule has 0 aromatic heterocycles. The number of halogens is 2. The Balaban J connectivity index is 1.63. The lowest BCUT2D eigenvalue weighted by molar-refractivity contribution is -0.106. The minimum atomic E-state index is -0.174. The third-order valence-corrected chi connectivity index (χ3v) is 4.52. The van der Waals surface area contributed by atoms with E-state index in [9.17, 15) is 0 Å². The number of rotatable bonds is 5. The topological polar surface area (TPSA) is 27.7 Å². The van der Waals surface area contributed by atoms with Crippen LogP contribution in [0.2, 0.25) is 5.02 Å². The minimum Gasteiger partial charge on any atom is -0.489 e. The van der Waals surface area contributed by atoms with Crippen molar-refractivity contribution < 1.29 is 14.2 Å². The average molecular weight is 398 g/mol. The molecule has 122 valence electrons. The van der Waals surface area contributed by atoms with E-state index in [0.29, 0.717) is 6.61 Å². The molecule has 5 heteroatoms. The lowest BCUT2D eigenvalue weighted by Gasteiger charge is -2.24. The molecule has 2 aromatic carbocycles. The van der Waals surface area contributed by atoms with E-state index in [4.69, 9.17) is 25.8 Å². The molecule has 1 heterocycles. The molecule has 1 fully saturated rings. The Bertz CT molecular complexity index is 639. The summed E-state index contributed by atoms with van der Waals surface area (Å²) in [4.78, 5) is 0. The summed E-state index contributed by atoms with van der Waals surface area (Å²) in [7, 11) is 0. The fraction of sp³-hybridized carbons (Fsp3) is 0.333. The Kier molecular flexibility index (Phi) is 5.81. The highest BCUT2D eigenvalue weighted by molar-refractivity contribution is 9.10. The van der Waals surface area contributed by atoms with Crippen molar-refractivity contribution in [2.75, 3.05) is 6.61 Å². The third kappa shape index (κ3) is 4.87. The van der Waals surface area contributed by atoms with Crippen molar-refractivity contribution in [3.8, 4) is 11.5 Å². The number of hydrogen-bond acceptors (Lipinski definition) is 3. The van der Waals surface area contributed by atoms with Crippen LogP contribution in [-0.4, -0.2) is 12.9 Å². The first-order valence-corrected chi connectivity index (χ1v) is 8.83. The molecule has 0 spiro atoms. The zero-order valence-electron chi connectivity index (χ0n) is 12.6. The highest BCUT2D eigenvalue weighted by Crippen LogP contribution is 2.32. The van der Waals surface area contributed by atoms with Crippen LogP contribution in [-0.2, 0) is 11.3 Å². The van der Waals surface area contributed by atoms with Gasteiger partial charge in [0.1, 0.15) is 18.1 Å². The monoisotopic (exact) mass is 396 g/mol. The van der Waals surface area contributed by atoms with Crippen molar-refractivity contribution in [1.29, 1.82) is 0 Å². The summed E-state index contributed by atoms with van der Waals surface area (Å²) < 4.78 is 18.3. The number of ether oxygens (including phenoxy) is 3. The summed E-state index contributed by atoms with van der Waals surface area (Å²) in [6.07, 6.45) is 2.98. The van der Waals surface area contributed by atoms with Crippen LogP contribution in [0.1, 0.15) is 24.8 Å². The van der Waals surface area contributed by atoms with Gasteiger partial charge in [-0.2, -0.15) is 0 Å². The normalized spacial score (nSPS) is 17.7. The van der Waals surface area contributed by atoms with Gasteiger partial charge in [-0.25, -0.2) is 0 Å². The van der Waals surface area contributed by atoms with E-state index in [1.807, 2.05) is 42.5 Å². The number of benzene rings is 2. The van der Waals surface area contributed by atoms with E-state index < -0.39 is 0 Å². The van der Waals surface area contributed by atoms with Crippen molar-refractivity contribution in [3.63, 3.8) is 0 Å². The van der Waals surface area contributed by atoms with Gasteiger partial charge in [0.2, 0.25) is 0 Å². The number of hydrogen-bond donors (Lipinski definition) is 0. The summed E-state index contributed by atoms with van der Waals surface area (Å²) >= 11 is 9.40. The summed E-state index contributed by atoms with van der Waals surface area (Å²) in [5.74, 6) is 1.50. The molecule has 1 atom stereocenters. The fourth-order valence-electron chi connectivity index (χ4n) is 2.36. The van der Waals surface area contributed by atoms with Gasteiger partial charge < -0.3 is 14.2 Å². The SMILES string of the molecule is Clc1ccc(COc2ccc(Br)c(OC3CCCCO3)c2)cc1. The van der Waals surface area contributed by atoms with Crippen LogP contribution in [0.4, 0.5) is 0 Å². The van der Waals surface area contributed by atoms with Crippen LogP contribution in [0.5, 0.6) is 11.5 Å². The fourth-order valence-corrected chi connectivity index (χ4v) is 2.82. The molecule has 2 aromatic rings. The standard InChI is InChI=1S/C18H18BrClO3/c19-16-9-8-15(22-12-13-4-6-14(20)7-5-13)11-17(16)23-18-3-1-2-10-21-18/h4-9,11,18H,1-3,10,12H2. The van der Waals surface area contributed by atoms with Gasteiger partial charge in [0.25, 0.3) is 0 Å². The van der Waals surface area contributed by atoms with Crippen LogP contribution in [0.25, 0.3) is 0 Å². The molecular weight excluding hydrogens is 380 g/mol. The predicted octanol–water partition coefficient (Wildman–Crippen LogP) is 5.59. The smallest absolute Gasteiger partial charge is 0.199 e.